The maximum absolute atomic E-state index is 13.9. The number of nitro groups is 1. The minimum atomic E-state index is -0.774. The Labute approximate surface area is 198 Å². The normalized spacial score (nSPS) is 11.5. The number of amides is 1. The lowest BCUT2D eigenvalue weighted by atomic mass is 10.2. The third-order valence-corrected chi connectivity index (χ3v) is 5.51. The van der Waals surface area contributed by atoms with Crippen LogP contribution >= 0.6 is 11.8 Å². The van der Waals surface area contributed by atoms with Crippen molar-refractivity contribution >= 4 is 29.0 Å². The molecule has 0 radical (unpaired) electrons. The van der Waals surface area contributed by atoms with Crippen molar-refractivity contribution in [2.45, 2.75) is 24.7 Å². The van der Waals surface area contributed by atoms with Crippen LogP contribution in [0, 0.1) is 15.9 Å². The maximum Gasteiger partial charge on any atom is 0.271 e. The number of methoxy groups -OCH3 is 1. The van der Waals surface area contributed by atoms with Gasteiger partial charge in [0.25, 0.3) is 5.69 Å². The van der Waals surface area contributed by atoms with Gasteiger partial charge in [-0.25, -0.2) is 4.39 Å². The van der Waals surface area contributed by atoms with E-state index in [1.54, 1.807) is 42.0 Å². The molecule has 3 aromatic rings. The van der Waals surface area contributed by atoms with Crippen LogP contribution in [-0.2, 0) is 11.3 Å². The van der Waals surface area contributed by atoms with Gasteiger partial charge in [0.2, 0.25) is 5.91 Å². The van der Waals surface area contributed by atoms with E-state index in [9.17, 15) is 19.3 Å². The SMILES string of the molecule is C=CCn1c(SCC(=O)Nc2cc([N+](=O)[O-])ccc2F)nnc1C(C)Oc1cccc(OC)c1. The molecule has 1 aromatic heterocycles. The van der Waals surface area contributed by atoms with E-state index < -0.39 is 22.8 Å². The number of carbonyl (C=O) groups is 1. The third kappa shape index (κ3) is 6.10. The number of anilines is 1. The number of nitrogens with one attached hydrogen (secondary N) is 1. The molecule has 0 aliphatic heterocycles. The molecule has 1 N–H and O–H groups in total. The van der Waals surface area contributed by atoms with E-state index in [2.05, 4.69) is 22.1 Å². The number of halogens is 1. The number of ether oxygens (including phenoxy) is 2. The molecule has 1 heterocycles. The van der Waals surface area contributed by atoms with Crippen LogP contribution in [0.3, 0.4) is 0 Å². The molecular formula is C22H22FN5O5S. The molecule has 12 heteroatoms. The van der Waals surface area contributed by atoms with Gasteiger partial charge in [-0.2, -0.15) is 0 Å². The predicted octanol–water partition coefficient (Wildman–Crippen LogP) is 4.39. The first-order valence-electron chi connectivity index (χ1n) is 10.0. The van der Waals surface area contributed by atoms with Gasteiger partial charge in [0, 0.05) is 24.7 Å². The molecule has 0 spiro atoms. The average Bonchev–Trinajstić information content (AvgIpc) is 3.22. The number of nitrogens with zero attached hydrogens (tertiary/aromatic N) is 4. The van der Waals surface area contributed by atoms with Crippen LogP contribution in [0.2, 0.25) is 0 Å². The molecular weight excluding hydrogens is 465 g/mol. The van der Waals surface area contributed by atoms with Gasteiger partial charge in [0.05, 0.1) is 23.5 Å². The highest BCUT2D eigenvalue weighted by atomic mass is 32.2. The van der Waals surface area contributed by atoms with Gasteiger partial charge in [-0.05, 0) is 25.1 Å². The van der Waals surface area contributed by atoms with Gasteiger partial charge >= 0.3 is 0 Å². The zero-order valence-electron chi connectivity index (χ0n) is 18.4. The minimum absolute atomic E-state index is 0.122. The molecule has 0 saturated heterocycles. The third-order valence-electron chi connectivity index (χ3n) is 4.54. The Balaban J connectivity index is 1.69. The highest BCUT2D eigenvalue weighted by molar-refractivity contribution is 7.99. The molecule has 178 valence electrons. The number of hydrogen-bond acceptors (Lipinski definition) is 8. The van der Waals surface area contributed by atoms with Gasteiger partial charge in [-0.1, -0.05) is 23.9 Å². The fraction of sp³-hybridized carbons (Fsp3) is 0.227. The first kappa shape index (κ1) is 24.7. The number of benzene rings is 2. The molecule has 0 fully saturated rings. The van der Waals surface area contributed by atoms with E-state index in [0.717, 1.165) is 30.0 Å². The minimum Gasteiger partial charge on any atom is -0.497 e. The lowest BCUT2D eigenvalue weighted by molar-refractivity contribution is -0.384. The largest absolute Gasteiger partial charge is 0.497 e. The van der Waals surface area contributed by atoms with Crippen molar-refractivity contribution in [3.05, 3.63) is 76.9 Å². The van der Waals surface area contributed by atoms with Crippen molar-refractivity contribution in [3.8, 4) is 11.5 Å². The summed E-state index contributed by atoms with van der Waals surface area (Å²) in [5, 5.41) is 22.0. The van der Waals surface area contributed by atoms with Gasteiger partial charge in [0.1, 0.15) is 17.3 Å². The predicted molar refractivity (Wildman–Crippen MR) is 125 cm³/mol. The smallest absolute Gasteiger partial charge is 0.271 e. The van der Waals surface area contributed by atoms with Gasteiger partial charge in [-0.3, -0.25) is 19.5 Å². The first-order chi connectivity index (χ1) is 16.3. The number of nitro benzene ring substituents is 1. The zero-order chi connectivity index (χ0) is 24.7. The van der Waals surface area contributed by atoms with E-state index >= 15 is 0 Å². The Hall–Kier alpha value is -3.93. The summed E-state index contributed by atoms with van der Waals surface area (Å²) in [4.78, 5) is 22.6. The molecule has 1 unspecified atom stereocenters. The lowest BCUT2D eigenvalue weighted by Gasteiger charge is -2.16. The van der Waals surface area contributed by atoms with Crippen molar-refractivity contribution in [2.75, 3.05) is 18.2 Å². The molecule has 1 amide bonds. The summed E-state index contributed by atoms with van der Waals surface area (Å²) in [7, 11) is 1.57. The Morgan fingerprint density at radius 2 is 2.09 bits per heavy atom. The molecule has 2 aromatic carbocycles. The Morgan fingerprint density at radius 3 is 2.79 bits per heavy atom. The van der Waals surface area contributed by atoms with Crippen LogP contribution < -0.4 is 14.8 Å². The maximum atomic E-state index is 13.9. The van der Waals surface area contributed by atoms with Crippen LogP contribution in [0.5, 0.6) is 11.5 Å². The van der Waals surface area contributed by atoms with Crippen LogP contribution in [0.25, 0.3) is 0 Å². The quantitative estimate of drug-likeness (QED) is 0.183. The summed E-state index contributed by atoms with van der Waals surface area (Å²) >= 11 is 1.08. The fourth-order valence-corrected chi connectivity index (χ4v) is 3.73. The van der Waals surface area contributed by atoms with Crippen molar-refractivity contribution < 1.29 is 23.6 Å². The zero-order valence-corrected chi connectivity index (χ0v) is 19.3. The van der Waals surface area contributed by atoms with Crippen LogP contribution in [0.4, 0.5) is 15.8 Å². The summed E-state index contributed by atoms with van der Waals surface area (Å²) in [6.45, 7) is 5.94. The number of thioether (sulfide) groups is 1. The van der Waals surface area contributed by atoms with Crippen LogP contribution in [-0.4, -0.2) is 38.5 Å². The fourth-order valence-electron chi connectivity index (χ4n) is 2.98. The molecule has 0 bridgehead atoms. The van der Waals surface area contributed by atoms with Crippen molar-refractivity contribution in [1.82, 2.24) is 14.8 Å². The number of aromatic nitrogens is 3. The summed E-state index contributed by atoms with van der Waals surface area (Å²) < 4.78 is 26.9. The first-order valence-corrected chi connectivity index (χ1v) is 11.0. The van der Waals surface area contributed by atoms with E-state index in [1.165, 1.54) is 0 Å². The number of carbonyl (C=O) groups excluding carboxylic acids is 1. The van der Waals surface area contributed by atoms with Crippen LogP contribution in [0.1, 0.15) is 18.9 Å². The molecule has 0 saturated carbocycles. The van der Waals surface area contributed by atoms with Gasteiger partial charge in [0.15, 0.2) is 17.1 Å². The molecule has 0 aliphatic rings. The number of rotatable bonds is 11. The van der Waals surface area contributed by atoms with E-state index in [1.807, 2.05) is 6.92 Å². The molecule has 3 rings (SSSR count). The standard InChI is InChI=1S/C22H22FN5O5S/c1-4-10-27-21(14(2)33-17-7-5-6-16(12-17)32-3)25-26-22(27)34-13-20(29)24-19-11-15(28(30)31)8-9-18(19)23/h4-9,11-12,14H,1,10,13H2,2-3H3,(H,24,29). The summed E-state index contributed by atoms with van der Waals surface area (Å²) in [6, 6.07) is 10.1. The second kappa shape index (κ2) is 11.3. The number of allylic oxidation sites excluding steroid dienone is 1. The Bertz CT molecular complexity index is 1200. The van der Waals surface area contributed by atoms with Gasteiger partial charge in [-0.15, -0.1) is 16.8 Å². The highest BCUT2D eigenvalue weighted by Gasteiger charge is 2.20. The lowest BCUT2D eigenvalue weighted by Crippen LogP contribution is -2.16. The molecule has 0 aliphatic carbocycles. The Kier molecular flexibility index (Phi) is 8.19. The summed E-state index contributed by atoms with van der Waals surface area (Å²) in [5.74, 6) is 0.315. The van der Waals surface area contributed by atoms with Crippen molar-refractivity contribution in [2.24, 2.45) is 0 Å². The number of hydrogen-bond donors (Lipinski definition) is 1. The monoisotopic (exact) mass is 487 g/mol. The summed E-state index contributed by atoms with van der Waals surface area (Å²) in [6.07, 6.45) is 1.19. The highest BCUT2D eigenvalue weighted by Crippen LogP contribution is 2.27. The second-order valence-corrected chi connectivity index (χ2v) is 7.88. The molecule has 10 nitrogen and oxygen atoms in total. The second-order valence-electron chi connectivity index (χ2n) is 6.94. The van der Waals surface area contributed by atoms with Crippen molar-refractivity contribution in [1.29, 1.82) is 0 Å². The topological polar surface area (TPSA) is 121 Å². The number of non-ortho nitro benzene ring substituents is 1. The van der Waals surface area contributed by atoms with E-state index in [-0.39, 0.29) is 17.1 Å². The molecule has 1 atom stereocenters. The van der Waals surface area contributed by atoms with Gasteiger partial charge < -0.3 is 14.8 Å². The summed E-state index contributed by atoms with van der Waals surface area (Å²) in [5.41, 5.74) is -0.599. The van der Waals surface area contributed by atoms with Crippen molar-refractivity contribution in [3.63, 3.8) is 0 Å². The van der Waals surface area contributed by atoms with Crippen LogP contribution in [0.15, 0.2) is 60.3 Å². The van der Waals surface area contributed by atoms with E-state index in [4.69, 9.17) is 9.47 Å². The Morgan fingerprint density at radius 1 is 1.32 bits per heavy atom. The average molecular weight is 488 g/mol. The van der Waals surface area contributed by atoms with E-state index in [0.29, 0.717) is 29.0 Å². The molecule has 34 heavy (non-hydrogen) atoms.